The lowest BCUT2D eigenvalue weighted by molar-refractivity contribution is 0.441. The van der Waals surface area contributed by atoms with Crippen LogP contribution in [0, 0.1) is 6.92 Å². The highest BCUT2D eigenvalue weighted by atomic mass is 35.5. The number of halogens is 1. The molecule has 0 saturated carbocycles. The summed E-state index contributed by atoms with van der Waals surface area (Å²) in [6, 6.07) is 9.22. The minimum Gasteiger partial charge on any atom is -0.329 e. The molecule has 0 atom stereocenters. The van der Waals surface area contributed by atoms with Crippen LogP contribution in [0.3, 0.4) is 0 Å². The molecule has 0 N–H and O–H groups in total. The van der Waals surface area contributed by atoms with Crippen molar-refractivity contribution in [1.29, 1.82) is 0 Å². The summed E-state index contributed by atoms with van der Waals surface area (Å²) < 4.78 is 29.7. The van der Waals surface area contributed by atoms with Gasteiger partial charge < -0.3 is 4.57 Å². The van der Waals surface area contributed by atoms with E-state index in [1.54, 1.807) is 18.3 Å². The predicted octanol–water partition coefficient (Wildman–Crippen LogP) is 5.06. The number of aryl methyl sites for hydroxylation is 1. The predicted molar refractivity (Wildman–Crippen MR) is 118 cm³/mol. The molecule has 0 radical (unpaired) electrons. The quantitative estimate of drug-likeness (QED) is 0.582. The molecule has 5 nitrogen and oxygen atoms in total. The SMILES string of the molecule is Cc1ccc(S(=O)(=O)N2CC=C(c3cn(C(C)C)c4ncccc34)CC2)cc1Cl. The first-order valence-corrected chi connectivity index (χ1v) is 11.5. The Hall–Kier alpha value is -2.15. The molecule has 0 amide bonds. The van der Waals surface area contributed by atoms with Gasteiger partial charge in [-0.05, 0) is 62.6 Å². The maximum absolute atomic E-state index is 13.0. The molecule has 3 heterocycles. The summed E-state index contributed by atoms with van der Waals surface area (Å²) in [4.78, 5) is 4.79. The summed E-state index contributed by atoms with van der Waals surface area (Å²) in [7, 11) is -3.57. The highest BCUT2D eigenvalue weighted by Gasteiger charge is 2.27. The second kappa shape index (κ2) is 7.59. The van der Waals surface area contributed by atoms with Gasteiger partial charge in [0.15, 0.2) is 0 Å². The molecule has 29 heavy (non-hydrogen) atoms. The van der Waals surface area contributed by atoms with Crippen molar-refractivity contribution in [3.05, 3.63) is 65.0 Å². The van der Waals surface area contributed by atoms with E-state index in [1.165, 1.54) is 10.4 Å². The van der Waals surface area contributed by atoms with Gasteiger partial charge in [-0.15, -0.1) is 0 Å². The number of benzene rings is 1. The highest BCUT2D eigenvalue weighted by Crippen LogP contribution is 2.33. The van der Waals surface area contributed by atoms with Gasteiger partial charge in [0, 0.05) is 47.5 Å². The zero-order valence-electron chi connectivity index (χ0n) is 16.8. The Morgan fingerprint density at radius 1 is 1.21 bits per heavy atom. The molecular formula is C22H24ClN3O2S. The third-order valence-electron chi connectivity index (χ3n) is 5.44. The number of hydrogen-bond donors (Lipinski definition) is 0. The van der Waals surface area contributed by atoms with Crippen LogP contribution in [0.15, 0.2) is 53.7 Å². The maximum Gasteiger partial charge on any atom is 0.243 e. The molecular weight excluding hydrogens is 406 g/mol. The first-order valence-electron chi connectivity index (χ1n) is 9.70. The van der Waals surface area contributed by atoms with Gasteiger partial charge in [-0.25, -0.2) is 13.4 Å². The molecule has 1 aromatic carbocycles. The van der Waals surface area contributed by atoms with Crippen LogP contribution in [0.25, 0.3) is 16.6 Å². The Morgan fingerprint density at radius 2 is 2.00 bits per heavy atom. The van der Waals surface area contributed by atoms with Gasteiger partial charge >= 0.3 is 0 Å². The number of hydrogen-bond acceptors (Lipinski definition) is 3. The van der Waals surface area contributed by atoms with Crippen molar-refractivity contribution < 1.29 is 8.42 Å². The van der Waals surface area contributed by atoms with Crippen molar-refractivity contribution in [2.24, 2.45) is 0 Å². The van der Waals surface area contributed by atoms with Crippen LogP contribution in [0.1, 0.15) is 37.4 Å². The molecule has 3 aromatic rings. The van der Waals surface area contributed by atoms with Crippen molar-refractivity contribution >= 4 is 38.2 Å². The van der Waals surface area contributed by atoms with E-state index in [0.717, 1.165) is 27.7 Å². The van der Waals surface area contributed by atoms with Crippen molar-refractivity contribution in [2.75, 3.05) is 13.1 Å². The number of nitrogens with zero attached hydrogens (tertiary/aromatic N) is 3. The lowest BCUT2D eigenvalue weighted by Crippen LogP contribution is -2.34. The number of fused-ring (bicyclic) bond motifs is 1. The number of aromatic nitrogens is 2. The van der Waals surface area contributed by atoms with Crippen LogP contribution in [-0.4, -0.2) is 35.4 Å². The first kappa shape index (κ1) is 20.1. The van der Waals surface area contributed by atoms with Crippen molar-refractivity contribution in [2.45, 2.75) is 38.1 Å². The number of rotatable bonds is 4. The van der Waals surface area contributed by atoms with E-state index in [9.17, 15) is 8.42 Å². The van der Waals surface area contributed by atoms with E-state index in [2.05, 4.69) is 35.7 Å². The van der Waals surface area contributed by atoms with Crippen molar-refractivity contribution in [3.63, 3.8) is 0 Å². The van der Waals surface area contributed by atoms with Crippen LogP contribution >= 0.6 is 11.6 Å². The van der Waals surface area contributed by atoms with E-state index in [4.69, 9.17) is 11.6 Å². The lowest BCUT2D eigenvalue weighted by atomic mass is 10.0. The van der Waals surface area contributed by atoms with Gasteiger partial charge in [-0.1, -0.05) is 23.7 Å². The summed E-state index contributed by atoms with van der Waals surface area (Å²) in [6.45, 7) is 6.91. The smallest absolute Gasteiger partial charge is 0.243 e. The van der Waals surface area contributed by atoms with Gasteiger partial charge in [-0.2, -0.15) is 4.31 Å². The monoisotopic (exact) mass is 429 g/mol. The summed E-state index contributed by atoms with van der Waals surface area (Å²) in [5.41, 5.74) is 4.12. The first-order chi connectivity index (χ1) is 13.8. The van der Waals surface area contributed by atoms with E-state index in [0.29, 0.717) is 30.6 Å². The fourth-order valence-electron chi connectivity index (χ4n) is 3.73. The lowest BCUT2D eigenvalue weighted by Gasteiger charge is -2.26. The molecule has 1 aliphatic heterocycles. The van der Waals surface area contributed by atoms with E-state index in [-0.39, 0.29) is 4.90 Å². The van der Waals surface area contributed by atoms with Crippen LogP contribution in [0.4, 0.5) is 0 Å². The Kier molecular flexibility index (Phi) is 5.27. The Labute approximate surface area is 176 Å². The van der Waals surface area contributed by atoms with Gasteiger partial charge in [0.1, 0.15) is 5.65 Å². The molecule has 4 rings (SSSR count). The highest BCUT2D eigenvalue weighted by molar-refractivity contribution is 7.89. The van der Waals surface area contributed by atoms with Gasteiger partial charge in [0.05, 0.1) is 4.90 Å². The average molecular weight is 430 g/mol. The Balaban J connectivity index is 1.65. The van der Waals surface area contributed by atoms with Gasteiger partial charge in [-0.3, -0.25) is 0 Å². The second-order valence-electron chi connectivity index (χ2n) is 7.67. The average Bonchev–Trinajstić information content (AvgIpc) is 3.10. The molecule has 1 aliphatic rings. The van der Waals surface area contributed by atoms with Crippen LogP contribution < -0.4 is 0 Å². The molecule has 152 valence electrons. The molecule has 0 spiro atoms. The molecule has 0 saturated heterocycles. The second-order valence-corrected chi connectivity index (χ2v) is 10.0. The zero-order valence-corrected chi connectivity index (χ0v) is 18.3. The summed E-state index contributed by atoms with van der Waals surface area (Å²) in [5.74, 6) is 0. The summed E-state index contributed by atoms with van der Waals surface area (Å²) in [6.07, 6.45) is 6.62. The normalized spacial score (nSPS) is 15.8. The third kappa shape index (κ3) is 3.61. The third-order valence-corrected chi connectivity index (χ3v) is 7.71. The van der Waals surface area contributed by atoms with Crippen LogP contribution in [0.2, 0.25) is 5.02 Å². The summed E-state index contributed by atoms with van der Waals surface area (Å²) in [5, 5.41) is 1.57. The Morgan fingerprint density at radius 3 is 2.66 bits per heavy atom. The number of pyridine rings is 1. The molecule has 2 aromatic heterocycles. The van der Waals surface area contributed by atoms with Crippen molar-refractivity contribution in [1.82, 2.24) is 13.9 Å². The van der Waals surface area contributed by atoms with E-state index in [1.807, 2.05) is 19.1 Å². The van der Waals surface area contributed by atoms with Gasteiger partial charge in [0.25, 0.3) is 0 Å². The molecule has 0 bridgehead atoms. The number of sulfonamides is 1. The van der Waals surface area contributed by atoms with E-state index < -0.39 is 10.0 Å². The Bertz CT molecular complexity index is 1210. The fourth-order valence-corrected chi connectivity index (χ4v) is 5.38. The molecule has 0 aliphatic carbocycles. The summed E-state index contributed by atoms with van der Waals surface area (Å²) >= 11 is 6.14. The largest absolute Gasteiger partial charge is 0.329 e. The van der Waals surface area contributed by atoms with Crippen molar-refractivity contribution in [3.8, 4) is 0 Å². The topological polar surface area (TPSA) is 55.2 Å². The minimum atomic E-state index is -3.57. The fraction of sp³-hybridized carbons (Fsp3) is 0.318. The van der Waals surface area contributed by atoms with Gasteiger partial charge in [0.2, 0.25) is 10.0 Å². The molecule has 0 fully saturated rings. The maximum atomic E-state index is 13.0. The minimum absolute atomic E-state index is 0.241. The van der Waals surface area contributed by atoms with Crippen LogP contribution in [0.5, 0.6) is 0 Å². The molecule has 0 unspecified atom stereocenters. The van der Waals surface area contributed by atoms with Crippen LogP contribution in [-0.2, 0) is 10.0 Å². The zero-order chi connectivity index (χ0) is 20.8. The van der Waals surface area contributed by atoms with E-state index >= 15 is 0 Å². The standard InChI is InChI=1S/C22H24ClN3O2S/c1-15(2)26-14-20(19-5-4-10-24-22(19)26)17-8-11-25(12-9-17)29(27,28)18-7-6-16(3)21(23)13-18/h4-8,10,13-15H,9,11-12H2,1-3H3. The molecule has 7 heteroatoms.